The predicted octanol–water partition coefficient (Wildman–Crippen LogP) is 4.70. The van der Waals surface area contributed by atoms with Gasteiger partial charge >= 0.3 is 0 Å². The van der Waals surface area contributed by atoms with Gasteiger partial charge in [0.2, 0.25) is 0 Å². The highest BCUT2D eigenvalue weighted by Gasteiger charge is 2.23. The van der Waals surface area contributed by atoms with E-state index in [9.17, 15) is 8.42 Å². The van der Waals surface area contributed by atoms with Crippen LogP contribution in [0.25, 0.3) is 0 Å². The molecule has 156 valence electrons. The van der Waals surface area contributed by atoms with Crippen molar-refractivity contribution >= 4 is 27.4 Å². The van der Waals surface area contributed by atoms with Crippen LogP contribution in [0.15, 0.2) is 53.7 Å². The number of benzene rings is 1. The Balaban J connectivity index is 1.69. The standard InChI is InChI=1S/C22H22ClN3O3S/c1-15-18(23)8-4-10-21(15)30(27,28)26-22-20(29-14-16-6-5-11-24-13-16)12-17-7-2-3-9-19(17)25-22/h4-6,8,10-13H,2-3,7,9,14H2,1H3,(H,25,26). The van der Waals surface area contributed by atoms with E-state index in [0.717, 1.165) is 42.5 Å². The van der Waals surface area contributed by atoms with Crippen molar-refractivity contribution < 1.29 is 13.2 Å². The van der Waals surface area contributed by atoms with Gasteiger partial charge in [-0.3, -0.25) is 9.71 Å². The summed E-state index contributed by atoms with van der Waals surface area (Å²) in [7, 11) is -3.89. The summed E-state index contributed by atoms with van der Waals surface area (Å²) < 4.78 is 34.8. The number of fused-ring (bicyclic) bond motifs is 1. The Hall–Kier alpha value is -2.64. The Morgan fingerprint density at radius 1 is 1.17 bits per heavy atom. The molecule has 0 spiro atoms. The highest BCUT2D eigenvalue weighted by atomic mass is 35.5. The van der Waals surface area contributed by atoms with Gasteiger partial charge in [-0.25, -0.2) is 13.4 Å². The molecular formula is C22H22ClN3O3S. The van der Waals surface area contributed by atoms with Crippen LogP contribution in [0.2, 0.25) is 5.02 Å². The van der Waals surface area contributed by atoms with E-state index in [0.29, 0.717) is 16.3 Å². The molecule has 0 amide bonds. The van der Waals surface area contributed by atoms with Gasteiger partial charge in [0, 0.05) is 28.7 Å². The molecule has 1 aromatic carbocycles. The first-order chi connectivity index (χ1) is 14.4. The molecule has 0 saturated carbocycles. The van der Waals surface area contributed by atoms with Gasteiger partial charge in [0.15, 0.2) is 11.6 Å². The number of pyridine rings is 2. The van der Waals surface area contributed by atoms with E-state index in [1.165, 1.54) is 6.07 Å². The molecule has 0 aliphatic heterocycles. The number of aryl methyl sites for hydroxylation is 2. The van der Waals surface area contributed by atoms with E-state index in [-0.39, 0.29) is 17.3 Å². The second-order valence-electron chi connectivity index (χ2n) is 7.27. The Bertz CT molecular complexity index is 1170. The fourth-order valence-electron chi connectivity index (χ4n) is 3.50. The summed E-state index contributed by atoms with van der Waals surface area (Å²) in [4.78, 5) is 8.83. The summed E-state index contributed by atoms with van der Waals surface area (Å²) in [6.07, 6.45) is 7.26. The number of halogens is 1. The smallest absolute Gasteiger partial charge is 0.263 e. The number of rotatable bonds is 6. The van der Waals surface area contributed by atoms with E-state index in [1.807, 2.05) is 18.2 Å². The van der Waals surface area contributed by atoms with Crippen molar-refractivity contribution in [1.82, 2.24) is 9.97 Å². The van der Waals surface area contributed by atoms with Crippen LogP contribution in [-0.2, 0) is 29.5 Å². The summed E-state index contributed by atoms with van der Waals surface area (Å²) in [6.45, 7) is 1.94. The van der Waals surface area contributed by atoms with Crippen molar-refractivity contribution in [2.75, 3.05) is 4.72 Å². The number of ether oxygens (including phenoxy) is 1. The SMILES string of the molecule is Cc1c(Cl)cccc1S(=O)(=O)Nc1nc2c(cc1OCc1cccnc1)CCCC2. The molecule has 0 fully saturated rings. The van der Waals surface area contributed by atoms with Gasteiger partial charge in [0.1, 0.15) is 6.61 Å². The third kappa shape index (κ3) is 4.42. The van der Waals surface area contributed by atoms with Gasteiger partial charge in [0.05, 0.1) is 4.90 Å². The molecule has 30 heavy (non-hydrogen) atoms. The zero-order chi connectivity index (χ0) is 21.1. The first kappa shape index (κ1) is 20.6. The summed E-state index contributed by atoms with van der Waals surface area (Å²) >= 11 is 6.13. The molecule has 0 unspecified atom stereocenters. The van der Waals surface area contributed by atoms with Gasteiger partial charge in [-0.15, -0.1) is 0 Å². The first-order valence-electron chi connectivity index (χ1n) is 9.76. The number of hydrogen-bond donors (Lipinski definition) is 1. The molecular weight excluding hydrogens is 422 g/mol. The van der Waals surface area contributed by atoms with E-state index in [4.69, 9.17) is 16.3 Å². The number of sulfonamides is 1. The van der Waals surface area contributed by atoms with Crippen LogP contribution in [0, 0.1) is 6.92 Å². The van der Waals surface area contributed by atoms with Crippen LogP contribution in [0.3, 0.4) is 0 Å². The molecule has 2 heterocycles. The average Bonchev–Trinajstić information content (AvgIpc) is 2.74. The van der Waals surface area contributed by atoms with Gasteiger partial charge in [-0.2, -0.15) is 0 Å². The van der Waals surface area contributed by atoms with Crippen LogP contribution in [0.1, 0.15) is 35.2 Å². The fraction of sp³-hybridized carbons (Fsp3) is 0.273. The Morgan fingerprint density at radius 2 is 2.00 bits per heavy atom. The Kier molecular flexibility index (Phi) is 5.92. The van der Waals surface area contributed by atoms with Crippen LogP contribution >= 0.6 is 11.6 Å². The van der Waals surface area contributed by atoms with Gasteiger partial charge < -0.3 is 4.74 Å². The van der Waals surface area contributed by atoms with Crippen LogP contribution in [0.5, 0.6) is 5.75 Å². The third-order valence-electron chi connectivity index (χ3n) is 5.12. The molecule has 0 saturated heterocycles. The molecule has 8 heteroatoms. The second-order valence-corrected chi connectivity index (χ2v) is 9.32. The van der Waals surface area contributed by atoms with Crippen LogP contribution in [0.4, 0.5) is 5.82 Å². The lowest BCUT2D eigenvalue weighted by Crippen LogP contribution is -2.18. The molecule has 1 aliphatic carbocycles. The molecule has 2 aromatic heterocycles. The predicted molar refractivity (Wildman–Crippen MR) is 116 cm³/mol. The lowest BCUT2D eigenvalue weighted by Gasteiger charge is -2.20. The molecule has 0 bridgehead atoms. The fourth-order valence-corrected chi connectivity index (χ4v) is 5.01. The minimum absolute atomic E-state index is 0.118. The third-order valence-corrected chi connectivity index (χ3v) is 7.01. The minimum Gasteiger partial charge on any atom is -0.485 e. The summed E-state index contributed by atoms with van der Waals surface area (Å²) in [5.74, 6) is 0.599. The van der Waals surface area contributed by atoms with Crippen LogP contribution < -0.4 is 9.46 Å². The molecule has 1 N–H and O–H groups in total. The van der Waals surface area contributed by atoms with Crippen molar-refractivity contribution in [3.05, 3.63) is 76.2 Å². The lowest BCUT2D eigenvalue weighted by atomic mass is 9.96. The van der Waals surface area contributed by atoms with E-state index < -0.39 is 10.0 Å². The van der Waals surface area contributed by atoms with Gasteiger partial charge in [-0.05, 0) is 68.0 Å². The van der Waals surface area contributed by atoms with E-state index >= 15 is 0 Å². The number of hydrogen-bond acceptors (Lipinski definition) is 5. The summed E-state index contributed by atoms with van der Waals surface area (Å²) in [5, 5.41) is 0.393. The molecule has 4 rings (SSSR count). The monoisotopic (exact) mass is 443 g/mol. The molecule has 6 nitrogen and oxygen atoms in total. The number of nitrogens with one attached hydrogen (secondary N) is 1. The largest absolute Gasteiger partial charge is 0.485 e. The summed E-state index contributed by atoms with van der Waals surface area (Å²) in [6, 6.07) is 10.4. The van der Waals surface area contributed by atoms with Crippen molar-refractivity contribution in [2.45, 2.75) is 44.1 Å². The zero-order valence-electron chi connectivity index (χ0n) is 16.6. The number of aromatic nitrogens is 2. The molecule has 1 aliphatic rings. The zero-order valence-corrected chi connectivity index (χ0v) is 18.1. The van der Waals surface area contributed by atoms with E-state index in [2.05, 4.69) is 14.7 Å². The van der Waals surface area contributed by atoms with Crippen molar-refractivity contribution in [1.29, 1.82) is 0 Å². The quantitative estimate of drug-likeness (QED) is 0.597. The van der Waals surface area contributed by atoms with Crippen molar-refractivity contribution in [2.24, 2.45) is 0 Å². The number of nitrogens with zero attached hydrogens (tertiary/aromatic N) is 2. The summed E-state index contributed by atoms with van der Waals surface area (Å²) in [5.41, 5.74) is 3.39. The highest BCUT2D eigenvalue weighted by molar-refractivity contribution is 7.92. The van der Waals surface area contributed by atoms with E-state index in [1.54, 1.807) is 31.5 Å². The second kappa shape index (κ2) is 8.62. The van der Waals surface area contributed by atoms with Gasteiger partial charge in [0.25, 0.3) is 10.0 Å². The van der Waals surface area contributed by atoms with Crippen molar-refractivity contribution in [3.8, 4) is 5.75 Å². The Labute approximate surface area is 181 Å². The molecule has 0 atom stereocenters. The highest BCUT2D eigenvalue weighted by Crippen LogP contribution is 2.33. The number of anilines is 1. The average molecular weight is 444 g/mol. The molecule has 3 aromatic rings. The van der Waals surface area contributed by atoms with Gasteiger partial charge in [-0.1, -0.05) is 23.7 Å². The Morgan fingerprint density at radius 3 is 2.80 bits per heavy atom. The minimum atomic E-state index is -3.89. The maximum absolute atomic E-state index is 13.1. The van der Waals surface area contributed by atoms with Crippen molar-refractivity contribution in [3.63, 3.8) is 0 Å². The topological polar surface area (TPSA) is 81.2 Å². The maximum Gasteiger partial charge on any atom is 0.263 e. The normalized spacial score (nSPS) is 13.5. The van der Waals surface area contributed by atoms with Crippen LogP contribution in [-0.4, -0.2) is 18.4 Å². The molecule has 0 radical (unpaired) electrons. The maximum atomic E-state index is 13.1. The lowest BCUT2D eigenvalue weighted by molar-refractivity contribution is 0.305. The first-order valence-corrected chi connectivity index (χ1v) is 11.6.